The average Bonchev–Trinajstić information content (AvgIpc) is 3.01. The number of fused-ring (bicyclic) bond motifs is 1. The van der Waals surface area contributed by atoms with E-state index in [9.17, 15) is 9.90 Å². The van der Waals surface area contributed by atoms with Crippen molar-refractivity contribution < 1.29 is 9.90 Å². The van der Waals surface area contributed by atoms with Crippen LogP contribution in [0, 0.1) is 5.41 Å². The molecule has 0 fully saturated rings. The molecule has 1 aliphatic rings. The number of hydrogen-bond acceptors (Lipinski definition) is 5. The molecule has 3 rings (SSSR count). The summed E-state index contributed by atoms with van der Waals surface area (Å²) in [6, 6.07) is 5.47. The number of nitrogens with zero attached hydrogens (tertiary/aromatic N) is 3. The van der Waals surface area contributed by atoms with Crippen LogP contribution >= 0.6 is 28.6 Å². The predicted molar refractivity (Wildman–Crippen MR) is 150 cm³/mol. The van der Waals surface area contributed by atoms with E-state index in [1.165, 1.54) is 0 Å². The highest BCUT2D eigenvalue weighted by Gasteiger charge is 2.32. The molecule has 1 aromatic heterocycles. The summed E-state index contributed by atoms with van der Waals surface area (Å²) in [6.07, 6.45) is 0. The second kappa shape index (κ2) is 10.5. The maximum absolute atomic E-state index is 13.4. The first-order valence-electron chi connectivity index (χ1n) is 11.9. The van der Waals surface area contributed by atoms with Gasteiger partial charge in [-0.25, -0.2) is 4.98 Å². The molecule has 192 valence electrons. The molecule has 0 spiro atoms. The second-order valence-electron chi connectivity index (χ2n) is 11.0. The SMILES string of the molecule is Br.CCN(CC)c1nc2c(cc1Cl)CN(CC(=O)c1cc(C(C)(C)C)c(O)c(C(C)(C)C)c1)C2=N. The van der Waals surface area contributed by atoms with Crippen LogP contribution in [0.2, 0.25) is 5.02 Å². The molecule has 0 aliphatic carbocycles. The lowest BCUT2D eigenvalue weighted by Gasteiger charge is -2.28. The average molecular weight is 566 g/mol. The van der Waals surface area contributed by atoms with Gasteiger partial charge in [0.15, 0.2) is 5.78 Å². The quantitative estimate of drug-likeness (QED) is 0.392. The summed E-state index contributed by atoms with van der Waals surface area (Å²) >= 11 is 6.51. The molecule has 0 atom stereocenters. The van der Waals surface area contributed by atoms with E-state index in [1.54, 1.807) is 17.0 Å². The Morgan fingerprint density at radius 1 is 1.09 bits per heavy atom. The van der Waals surface area contributed by atoms with Crippen LogP contribution in [0.5, 0.6) is 5.75 Å². The van der Waals surface area contributed by atoms with E-state index < -0.39 is 0 Å². The highest BCUT2D eigenvalue weighted by Crippen LogP contribution is 2.40. The van der Waals surface area contributed by atoms with Crippen molar-refractivity contribution in [3.05, 3.63) is 51.2 Å². The van der Waals surface area contributed by atoms with E-state index in [0.717, 1.165) is 29.8 Å². The fraction of sp³-hybridized carbons (Fsp3) is 0.519. The minimum atomic E-state index is -0.321. The third-order valence-corrected chi connectivity index (χ3v) is 6.66. The van der Waals surface area contributed by atoms with Gasteiger partial charge in [0.2, 0.25) is 0 Å². The van der Waals surface area contributed by atoms with Crippen LogP contribution < -0.4 is 4.90 Å². The monoisotopic (exact) mass is 564 g/mol. The van der Waals surface area contributed by atoms with Gasteiger partial charge in [-0.2, -0.15) is 0 Å². The Bertz CT molecular complexity index is 1100. The third kappa shape index (κ3) is 5.83. The van der Waals surface area contributed by atoms with Gasteiger partial charge in [0.1, 0.15) is 23.1 Å². The molecule has 35 heavy (non-hydrogen) atoms. The fourth-order valence-corrected chi connectivity index (χ4v) is 4.65. The van der Waals surface area contributed by atoms with Crippen molar-refractivity contribution in [3.63, 3.8) is 0 Å². The molecule has 0 saturated heterocycles. The molecule has 0 amide bonds. The Labute approximate surface area is 225 Å². The minimum Gasteiger partial charge on any atom is -0.507 e. The number of carbonyl (C=O) groups excluding carboxylic acids is 1. The molecule has 8 heteroatoms. The lowest BCUT2D eigenvalue weighted by molar-refractivity contribution is 0.0962. The standard InChI is InChI=1S/C27H37ClN4O2.BrH/c1-9-31(10-2)25-20(28)13-17-14-32(24(29)22(17)30-25)15-21(33)16-11-18(26(3,4)5)23(34)19(12-16)27(6,7)8;/h11-13,29,34H,9-10,14-15H2,1-8H3;1H. The Balaban J connectivity index is 0.00000432. The van der Waals surface area contributed by atoms with Crippen LogP contribution in [-0.2, 0) is 17.4 Å². The number of anilines is 1. The number of phenolic OH excluding ortho intramolecular Hbond substituents is 1. The Morgan fingerprint density at radius 2 is 1.60 bits per heavy atom. The number of benzene rings is 1. The number of carbonyl (C=O) groups is 1. The normalized spacial score (nSPS) is 13.5. The van der Waals surface area contributed by atoms with Crippen LogP contribution in [0.1, 0.15) is 88.1 Å². The van der Waals surface area contributed by atoms with Crippen LogP contribution in [-0.4, -0.2) is 46.2 Å². The number of halogens is 2. The number of Topliss-reactive ketones (excluding diaryl/α,β-unsaturated/α-hetero) is 1. The summed E-state index contributed by atoms with van der Waals surface area (Å²) in [5.41, 5.74) is 2.84. The first kappa shape index (κ1) is 29.1. The van der Waals surface area contributed by atoms with Crippen molar-refractivity contribution in [2.75, 3.05) is 24.5 Å². The Morgan fingerprint density at radius 3 is 2.06 bits per heavy atom. The van der Waals surface area contributed by atoms with E-state index >= 15 is 0 Å². The minimum absolute atomic E-state index is 0. The third-order valence-electron chi connectivity index (χ3n) is 6.38. The van der Waals surface area contributed by atoms with Gasteiger partial charge in [-0.3, -0.25) is 10.2 Å². The summed E-state index contributed by atoms with van der Waals surface area (Å²) in [5, 5.41) is 20.2. The zero-order valence-corrected chi connectivity index (χ0v) is 24.5. The Hall–Kier alpha value is -2.12. The molecule has 0 unspecified atom stereocenters. The van der Waals surface area contributed by atoms with Crippen molar-refractivity contribution >= 4 is 46.0 Å². The van der Waals surface area contributed by atoms with Gasteiger partial charge in [0.25, 0.3) is 0 Å². The number of nitrogens with one attached hydrogen (secondary N) is 1. The number of phenols is 1. The van der Waals surface area contributed by atoms with Gasteiger partial charge in [0, 0.05) is 41.9 Å². The van der Waals surface area contributed by atoms with Crippen molar-refractivity contribution in [2.24, 2.45) is 0 Å². The topological polar surface area (TPSA) is 80.5 Å². The van der Waals surface area contributed by atoms with Crippen LogP contribution in [0.3, 0.4) is 0 Å². The second-order valence-corrected chi connectivity index (χ2v) is 11.4. The first-order chi connectivity index (χ1) is 15.7. The Kier molecular flexibility index (Phi) is 8.71. The number of amidine groups is 1. The summed E-state index contributed by atoms with van der Waals surface area (Å²) in [5.74, 6) is 1.06. The number of pyridine rings is 1. The van der Waals surface area contributed by atoms with E-state index in [1.807, 2.05) is 61.5 Å². The highest BCUT2D eigenvalue weighted by atomic mass is 79.9. The van der Waals surface area contributed by atoms with Gasteiger partial charge in [-0.05, 0) is 42.9 Å². The maximum Gasteiger partial charge on any atom is 0.182 e. The summed E-state index contributed by atoms with van der Waals surface area (Å²) in [7, 11) is 0. The zero-order valence-electron chi connectivity index (χ0n) is 22.0. The van der Waals surface area contributed by atoms with Crippen LogP contribution in [0.4, 0.5) is 5.82 Å². The molecule has 2 N–H and O–H groups in total. The number of ketones is 1. The predicted octanol–water partition coefficient (Wildman–Crippen LogP) is 6.48. The lowest BCUT2D eigenvalue weighted by atomic mass is 9.78. The summed E-state index contributed by atoms with van der Waals surface area (Å²) in [6.45, 7) is 18.3. The van der Waals surface area contributed by atoms with E-state index in [4.69, 9.17) is 22.0 Å². The van der Waals surface area contributed by atoms with Crippen molar-refractivity contribution in [3.8, 4) is 5.75 Å². The van der Waals surface area contributed by atoms with E-state index in [0.29, 0.717) is 28.6 Å². The molecular formula is C27H38BrClN4O2. The van der Waals surface area contributed by atoms with Gasteiger partial charge in [-0.15, -0.1) is 17.0 Å². The number of aromatic hydroxyl groups is 1. The van der Waals surface area contributed by atoms with Crippen LogP contribution in [0.25, 0.3) is 0 Å². The van der Waals surface area contributed by atoms with Crippen molar-refractivity contribution in [1.29, 1.82) is 5.41 Å². The maximum atomic E-state index is 13.4. The van der Waals surface area contributed by atoms with Crippen molar-refractivity contribution in [2.45, 2.75) is 72.8 Å². The molecule has 0 bridgehead atoms. The lowest BCUT2D eigenvalue weighted by Crippen LogP contribution is -2.31. The molecule has 1 aromatic carbocycles. The smallest absolute Gasteiger partial charge is 0.182 e. The van der Waals surface area contributed by atoms with Gasteiger partial charge < -0.3 is 14.9 Å². The summed E-state index contributed by atoms with van der Waals surface area (Å²) < 4.78 is 0. The van der Waals surface area contributed by atoms with Gasteiger partial charge in [0.05, 0.1) is 11.6 Å². The molecule has 6 nitrogen and oxygen atoms in total. The molecule has 0 radical (unpaired) electrons. The number of aromatic nitrogens is 1. The highest BCUT2D eigenvalue weighted by molar-refractivity contribution is 8.93. The van der Waals surface area contributed by atoms with Gasteiger partial charge in [-0.1, -0.05) is 53.1 Å². The first-order valence-corrected chi connectivity index (χ1v) is 12.3. The largest absolute Gasteiger partial charge is 0.507 e. The zero-order chi connectivity index (χ0) is 25.6. The number of hydrogen-bond donors (Lipinski definition) is 2. The number of rotatable bonds is 6. The van der Waals surface area contributed by atoms with Crippen LogP contribution in [0.15, 0.2) is 18.2 Å². The van der Waals surface area contributed by atoms with Crippen molar-refractivity contribution in [1.82, 2.24) is 9.88 Å². The van der Waals surface area contributed by atoms with E-state index in [2.05, 4.69) is 4.90 Å². The molecule has 1 aliphatic heterocycles. The molecular weight excluding hydrogens is 528 g/mol. The van der Waals surface area contributed by atoms with Gasteiger partial charge >= 0.3 is 0 Å². The fourth-order valence-electron chi connectivity index (χ4n) is 4.36. The van der Waals surface area contributed by atoms with E-state index in [-0.39, 0.29) is 51.7 Å². The molecule has 2 heterocycles. The summed E-state index contributed by atoms with van der Waals surface area (Å²) in [4.78, 5) is 21.9. The molecule has 2 aromatic rings. The molecule has 0 saturated carbocycles.